The van der Waals surface area contributed by atoms with E-state index in [1.54, 1.807) is 0 Å². The highest BCUT2D eigenvalue weighted by molar-refractivity contribution is 9.10. The lowest BCUT2D eigenvalue weighted by molar-refractivity contribution is -0.137. The Morgan fingerprint density at radius 3 is 2.55 bits per heavy atom. The van der Waals surface area contributed by atoms with Crippen LogP contribution < -0.4 is 0 Å². The van der Waals surface area contributed by atoms with Crippen LogP contribution in [0.1, 0.15) is 16.1 Å². The third-order valence-corrected chi connectivity index (χ3v) is 3.09. The first-order valence-electron chi connectivity index (χ1n) is 5.04. The van der Waals surface area contributed by atoms with Crippen LogP contribution in [0.2, 0.25) is 5.02 Å². The van der Waals surface area contributed by atoms with E-state index < -0.39 is 17.7 Å². The van der Waals surface area contributed by atoms with Crippen LogP contribution in [-0.4, -0.2) is 20.6 Å². The van der Waals surface area contributed by atoms with E-state index in [-0.39, 0.29) is 16.5 Å². The molecule has 0 radical (unpaired) electrons. The number of alkyl halides is 3. The smallest absolute Gasteiger partial charge is 0.417 e. The second-order valence-electron chi connectivity index (χ2n) is 3.75. The summed E-state index contributed by atoms with van der Waals surface area (Å²) in [5, 5.41) is 8.72. The minimum Gasteiger partial charge on any atom is -0.477 e. The Labute approximate surface area is 123 Å². The molecule has 9 heteroatoms. The number of nitrogens with zero attached hydrogens (tertiary/aromatic N) is 2. The predicted molar refractivity (Wildman–Crippen MR) is 68.2 cm³/mol. The lowest BCUT2D eigenvalue weighted by Gasteiger charge is -2.10. The molecule has 0 aliphatic rings. The average Bonchev–Trinajstić information content (AvgIpc) is 2.70. The minimum atomic E-state index is -4.57. The van der Waals surface area contributed by atoms with Gasteiger partial charge in [0.2, 0.25) is 0 Å². The molecule has 2 heterocycles. The number of halogens is 5. The molecule has 0 unspecified atom stereocenters. The van der Waals surface area contributed by atoms with E-state index in [0.717, 1.165) is 4.57 Å². The van der Waals surface area contributed by atoms with Crippen molar-refractivity contribution in [3.8, 4) is 5.82 Å². The van der Waals surface area contributed by atoms with Crippen LogP contribution in [0.4, 0.5) is 13.2 Å². The van der Waals surface area contributed by atoms with Gasteiger partial charge in [-0.25, -0.2) is 9.78 Å². The summed E-state index contributed by atoms with van der Waals surface area (Å²) < 4.78 is 39.0. The van der Waals surface area contributed by atoms with Crippen molar-refractivity contribution in [2.75, 3.05) is 0 Å². The van der Waals surface area contributed by atoms with Crippen LogP contribution in [0.15, 0.2) is 29.0 Å². The van der Waals surface area contributed by atoms with Crippen LogP contribution in [0, 0.1) is 0 Å². The molecular weight excluding hydrogens is 364 g/mol. The van der Waals surface area contributed by atoms with Crippen LogP contribution in [0.3, 0.4) is 0 Å². The van der Waals surface area contributed by atoms with E-state index in [1.165, 1.54) is 12.3 Å². The molecule has 0 saturated heterocycles. The predicted octanol–water partition coefficient (Wildman–Crippen LogP) is 4.01. The number of hydrogen-bond donors (Lipinski definition) is 1. The van der Waals surface area contributed by atoms with Gasteiger partial charge in [-0.3, -0.25) is 4.57 Å². The van der Waals surface area contributed by atoms with Gasteiger partial charge in [-0.2, -0.15) is 13.2 Å². The highest BCUT2D eigenvalue weighted by Gasteiger charge is 2.32. The highest BCUT2D eigenvalue weighted by Crippen LogP contribution is 2.32. The van der Waals surface area contributed by atoms with Crippen molar-refractivity contribution in [1.82, 2.24) is 9.55 Å². The van der Waals surface area contributed by atoms with E-state index in [0.29, 0.717) is 16.7 Å². The van der Waals surface area contributed by atoms with Crippen molar-refractivity contribution in [2.45, 2.75) is 6.18 Å². The summed E-state index contributed by atoms with van der Waals surface area (Å²) in [5.74, 6) is -1.35. The summed E-state index contributed by atoms with van der Waals surface area (Å²) in [6, 6.07) is 1.99. The summed E-state index contributed by atoms with van der Waals surface area (Å²) in [4.78, 5) is 14.7. The molecule has 0 amide bonds. The first-order valence-corrected chi connectivity index (χ1v) is 6.21. The van der Waals surface area contributed by atoms with Gasteiger partial charge in [-0.05, 0) is 28.1 Å². The number of carboxylic acid groups (broad SMARTS) is 1. The van der Waals surface area contributed by atoms with Gasteiger partial charge >= 0.3 is 12.1 Å². The summed E-state index contributed by atoms with van der Waals surface area (Å²) in [6.07, 6.45) is -2.62. The number of aromatic nitrogens is 2. The Balaban J connectivity index is 2.57. The molecule has 0 aliphatic carbocycles. The lowest BCUT2D eigenvalue weighted by Crippen LogP contribution is -2.10. The third-order valence-electron chi connectivity index (χ3n) is 2.38. The highest BCUT2D eigenvalue weighted by atomic mass is 79.9. The van der Waals surface area contributed by atoms with E-state index in [1.807, 2.05) is 0 Å². The Hall–Kier alpha value is -1.54. The molecule has 0 fully saturated rings. The quantitative estimate of drug-likeness (QED) is 0.870. The number of carbonyl (C=O) groups is 1. The average molecular weight is 370 g/mol. The zero-order chi connectivity index (χ0) is 15.1. The van der Waals surface area contributed by atoms with E-state index >= 15 is 0 Å². The molecular formula is C11H5BrClF3N2O2. The number of carboxylic acids is 1. The maximum absolute atomic E-state index is 12.5. The Bertz CT molecular complexity index is 685. The van der Waals surface area contributed by atoms with Crippen molar-refractivity contribution in [3.63, 3.8) is 0 Å². The topological polar surface area (TPSA) is 55.1 Å². The molecule has 2 aromatic rings. The first-order chi connectivity index (χ1) is 9.20. The van der Waals surface area contributed by atoms with Gasteiger partial charge in [0.1, 0.15) is 5.69 Å². The summed E-state index contributed by atoms with van der Waals surface area (Å²) in [6.45, 7) is 0. The fourth-order valence-corrected chi connectivity index (χ4v) is 2.21. The molecule has 2 rings (SSSR count). The van der Waals surface area contributed by atoms with Gasteiger partial charge in [0.05, 0.1) is 10.6 Å². The second-order valence-corrected chi connectivity index (χ2v) is 5.07. The van der Waals surface area contributed by atoms with Crippen molar-refractivity contribution in [1.29, 1.82) is 0 Å². The van der Waals surface area contributed by atoms with Crippen molar-refractivity contribution in [2.24, 2.45) is 0 Å². The Kier molecular flexibility index (Phi) is 3.79. The lowest BCUT2D eigenvalue weighted by atomic mass is 10.2. The van der Waals surface area contributed by atoms with Gasteiger partial charge in [-0.15, -0.1) is 0 Å². The summed E-state index contributed by atoms with van der Waals surface area (Å²) >= 11 is 8.85. The molecule has 2 aromatic heterocycles. The number of pyridine rings is 1. The number of aromatic carboxylic acids is 1. The van der Waals surface area contributed by atoms with Crippen molar-refractivity contribution >= 4 is 33.5 Å². The largest absolute Gasteiger partial charge is 0.477 e. The molecule has 0 saturated carbocycles. The number of rotatable bonds is 2. The minimum absolute atomic E-state index is 0.0947. The summed E-state index contributed by atoms with van der Waals surface area (Å²) in [5.41, 5.74) is -1.18. The maximum atomic E-state index is 12.5. The normalized spacial score (nSPS) is 11.7. The zero-order valence-corrected chi connectivity index (χ0v) is 11.8. The zero-order valence-electron chi connectivity index (χ0n) is 9.45. The van der Waals surface area contributed by atoms with Crippen molar-refractivity contribution in [3.05, 3.63) is 45.3 Å². The summed E-state index contributed by atoms with van der Waals surface area (Å²) in [7, 11) is 0. The molecule has 20 heavy (non-hydrogen) atoms. The number of hydrogen-bond acceptors (Lipinski definition) is 2. The SMILES string of the molecule is O=C(O)c1cc(Br)cn1-c1ncc(C(F)(F)F)cc1Cl. The molecule has 4 nitrogen and oxygen atoms in total. The van der Waals surface area contributed by atoms with Crippen LogP contribution in [0.25, 0.3) is 5.82 Å². The van der Waals surface area contributed by atoms with E-state index in [4.69, 9.17) is 16.7 Å². The first kappa shape index (κ1) is 14.9. The standard InChI is InChI=1S/C11H5BrClF3N2O2/c12-6-2-8(10(19)20)18(4-6)9-7(13)1-5(3-17-9)11(14,15)16/h1-4H,(H,19,20). The molecule has 0 aliphatic heterocycles. The van der Waals surface area contributed by atoms with Crippen molar-refractivity contribution < 1.29 is 23.1 Å². The molecule has 0 atom stereocenters. The van der Waals surface area contributed by atoms with Gasteiger partial charge in [-0.1, -0.05) is 11.6 Å². The van der Waals surface area contributed by atoms with Crippen LogP contribution >= 0.6 is 27.5 Å². The Morgan fingerprint density at radius 2 is 2.05 bits per heavy atom. The van der Waals surface area contributed by atoms with Gasteiger partial charge in [0.15, 0.2) is 5.82 Å². The van der Waals surface area contributed by atoms with Crippen LogP contribution in [0.5, 0.6) is 0 Å². The van der Waals surface area contributed by atoms with Crippen LogP contribution in [-0.2, 0) is 6.18 Å². The fourth-order valence-electron chi connectivity index (χ4n) is 1.53. The van der Waals surface area contributed by atoms with Gasteiger partial charge in [0, 0.05) is 16.9 Å². The monoisotopic (exact) mass is 368 g/mol. The second kappa shape index (κ2) is 5.10. The molecule has 1 N–H and O–H groups in total. The van der Waals surface area contributed by atoms with Gasteiger partial charge in [0.25, 0.3) is 0 Å². The molecule has 0 spiro atoms. The third kappa shape index (κ3) is 2.80. The molecule has 0 bridgehead atoms. The van der Waals surface area contributed by atoms with E-state index in [9.17, 15) is 18.0 Å². The maximum Gasteiger partial charge on any atom is 0.417 e. The fraction of sp³-hybridized carbons (Fsp3) is 0.0909. The molecule has 106 valence electrons. The Morgan fingerprint density at radius 1 is 1.40 bits per heavy atom. The van der Waals surface area contributed by atoms with E-state index in [2.05, 4.69) is 20.9 Å². The molecule has 0 aromatic carbocycles. The van der Waals surface area contributed by atoms with Gasteiger partial charge < -0.3 is 5.11 Å².